The largest absolute Gasteiger partial charge is 0.497 e. The maximum Gasteiger partial charge on any atom is 0.347 e. The Balaban J connectivity index is 1.89. The molecule has 0 fully saturated rings. The molecule has 2 aromatic carbocycles. The summed E-state index contributed by atoms with van der Waals surface area (Å²) < 4.78 is 49.4. The number of aromatic nitrogens is 2. The van der Waals surface area contributed by atoms with Crippen LogP contribution in [0, 0.1) is 5.82 Å². The molecule has 0 aliphatic rings. The summed E-state index contributed by atoms with van der Waals surface area (Å²) in [7, 11) is -2.67. The standard InChI is InChI=1S/C17H14FN3O5S/c1-25-11-6-8-12(9-7-11)27(23,24)21-15(19)10-16(20-21)26-17(22)13-4-2-3-5-14(13)18/h2-10H,19H2,1H3. The van der Waals surface area contributed by atoms with Crippen molar-refractivity contribution in [2.75, 3.05) is 12.8 Å². The number of nitrogen functional groups attached to an aromatic ring is 1. The van der Waals surface area contributed by atoms with Crippen molar-refractivity contribution in [2.24, 2.45) is 0 Å². The summed E-state index contributed by atoms with van der Waals surface area (Å²) >= 11 is 0. The summed E-state index contributed by atoms with van der Waals surface area (Å²) in [5.41, 5.74) is 5.38. The monoisotopic (exact) mass is 391 g/mol. The van der Waals surface area contributed by atoms with E-state index in [0.29, 0.717) is 9.84 Å². The Labute approximate surface area is 154 Å². The van der Waals surface area contributed by atoms with Crippen molar-refractivity contribution in [1.82, 2.24) is 9.19 Å². The number of rotatable bonds is 5. The zero-order valence-electron chi connectivity index (χ0n) is 14.0. The third kappa shape index (κ3) is 3.60. The van der Waals surface area contributed by atoms with Gasteiger partial charge in [0.25, 0.3) is 10.0 Å². The lowest BCUT2D eigenvalue weighted by molar-refractivity contribution is 0.0722. The topological polar surface area (TPSA) is 114 Å². The van der Waals surface area contributed by atoms with Crippen LogP contribution in [0.1, 0.15) is 10.4 Å². The maximum absolute atomic E-state index is 13.6. The molecule has 0 aliphatic heterocycles. The van der Waals surface area contributed by atoms with Crippen molar-refractivity contribution in [3.63, 3.8) is 0 Å². The molecule has 0 unspecified atom stereocenters. The molecular formula is C17H14FN3O5S. The SMILES string of the molecule is COc1ccc(S(=O)(=O)n2nc(OC(=O)c3ccccc3F)cc2N)cc1. The number of hydrogen-bond acceptors (Lipinski definition) is 7. The molecule has 10 heteroatoms. The van der Waals surface area contributed by atoms with Gasteiger partial charge in [0.15, 0.2) is 0 Å². The third-order valence-corrected chi connectivity index (χ3v) is 5.17. The number of nitrogens with zero attached hydrogens (tertiary/aromatic N) is 2. The van der Waals surface area contributed by atoms with Crippen LogP contribution in [0.25, 0.3) is 0 Å². The average Bonchev–Trinajstić information content (AvgIpc) is 3.03. The van der Waals surface area contributed by atoms with Gasteiger partial charge in [-0.1, -0.05) is 12.1 Å². The lowest BCUT2D eigenvalue weighted by Gasteiger charge is -2.07. The number of ether oxygens (including phenoxy) is 2. The number of hydrogen-bond donors (Lipinski definition) is 1. The maximum atomic E-state index is 13.6. The predicted octanol–water partition coefficient (Wildman–Crippen LogP) is 2.07. The molecule has 1 heterocycles. The molecule has 0 radical (unpaired) electrons. The van der Waals surface area contributed by atoms with E-state index in [4.69, 9.17) is 15.2 Å². The van der Waals surface area contributed by atoms with Crippen LogP contribution in [-0.2, 0) is 10.0 Å². The molecule has 2 N–H and O–H groups in total. The zero-order valence-corrected chi connectivity index (χ0v) is 14.8. The molecule has 0 aliphatic carbocycles. The van der Waals surface area contributed by atoms with Gasteiger partial charge in [0.2, 0.25) is 5.88 Å². The van der Waals surface area contributed by atoms with Gasteiger partial charge in [0.05, 0.1) is 17.6 Å². The van der Waals surface area contributed by atoms with Crippen molar-refractivity contribution >= 4 is 21.8 Å². The third-order valence-electron chi connectivity index (χ3n) is 3.56. The van der Waals surface area contributed by atoms with Crippen molar-refractivity contribution in [3.8, 4) is 11.6 Å². The Hall–Kier alpha value is -3.40. The minimum absolute atomic E-state index is 0.0925. The van der Waals surface area contributed by atoms with Gasteiger partial charge in [-0.2, -0.15) is 8.42 Å². The van der Waals surface area contributed by atoms with Crippen molar-refractivity contribution in [3.05, 3.63) is 66.0 Å². The fraction of sp³-hybridized carbons (Fsp3) is 0.0588. The van der Waals surface area contributed by atoms with Crippen LogP contribution in [0.5, 0.6) is 11.6 Å². The Kier molecular flexibility index (Phi) is 4.82. The van der Waals surface area contributed by atoms with Gasteiger partial charge in [-0.25, -0.2) is 9.18 Å². The minimum Gasteiger partial charge on any atom is -0.497 e. The molecule has 140 valence electrons. The van der Waals surface area contributed by atoms with E-state index in [1.165, 1.54) is 49.6 Å². The number of carbonyl (C=O) groups is 1. The zero-order chi connectivity index (χ0) is 19.6. The van der Waals surface area contributed by atoms with Crippen LogP contribution in [0.3, 0.4) is 0 Å². The van der Waals surface area contributed by atoms with E-state index in [0.717, 1.165) is 12.1 Å². The first kappa shape index (κ1) is 18.4. The molecule has 3 rings (SSSR count). The molecule has 1 aromatic heterocycles. The molecule has 0 saturated carbocycles. The van der Waals surface area contributed by atoms with Gasteiger partial charge in [-0.15, -0.1) is 9.19 Å². The summed E-state index contributed by atoms with van der Waals surface area (Å²) in [5, 5.41) is 3.70. The second-order valence-corrected chi connectivity index (χ2v) is 7.07. The number of nitrogens with two attached hydrogens (primary N) is 1. The van der Waals surface area contributed by atoms with E-state index in [-0.39, 0.29) is 22.2 Å². The second kappa shape index (κ2) is 7.08. The Morgan fingerprint density at radius 2 is 1.81 bits per heavy atom. The molecule has 0 saturated heterocycles. The Bertz CT molecular complexity index is 1090. The highest BCUT2D eigenvalue weighted by molar-refractivity contribution is 7.90. The highest BCUT2D eigenvalue weighted by Crippen LogP contribution is 2.23. The lowest BCUT2D eigenvalue weighted by Crippen LogP contribution is -2.17. The van der Waals surface area contributed by atoms with Gasteiger partial charge in [-0.3, -0.25) is 0 Å². The lowest BCUT2D eigenvalue weighted by atomic mass is 10.2. The van der Waals surface area contributed by atoms with Crippen LogP contribution in [0.4, 0.5) is 10.2 Å². The van der Waals surface area contributed by atoms with E-state index >= 15 is 0 Å². The van der Waals surface area contributed by atoms with Crippen molar-refractivity contribution in [2.45, 2.75) is 4.90 Å². The molecular weight excluding hydrogens is 377 g/mol. The normalized spacial score (nSPS) is 11.2. The fourth-order valence-corrected chi connectivity index (χ4v) is 3.42. The van der Waals surface area contributed by atoms with Gasteiger partial charge in [0.1, 0.15) is 17.4 Å². The number of halogens is 1. The predicted molar refractivity (Wildman–Crippen MR) is 93.6 cm³/mol. The van der Waals surface area contributed by atoms with Gasteiger partial charge in [-0.05, 0) is 36.4 Å². The number of esters is 1. The first-order chi connectivity index (χ1) is 12.8. The highest BCUT2D eigenvalue weighted by Gasteiger charge is 2.24. The van der Waals surface area contributed by atoms with E-state index in [9.17, 15) is 17.6 Å². The molecule has 0 bridgehead atoms. The number of carbonyl (C=O) groups excluding carboxylic acids is 1. The van der Waals surface area contributed by atoms with E-state index in [2.05, 4.69) is 5.10 Å². The summed E-state index contributed by atoms with van der Waals surface area (Å²) in [4.78, 5) is 11.9. The van der Waals surface area contributed by atoms with E-state index in [1.54, 1.807) is 0 Å². The fourth-order valence-electron chi connectivity index (χ4n) is 2.22. The average molecular weight is 391 g/mol. The van der Waals surface area contributed by atoms with Crippen molar-refractivity contribution < 1.29 is 27.1 Å². The summed E-state index contributed by atoms with van der Waals surface area (Å²) in [6, 6.07) is 11.8. The van der Waals surface area contributed by atoms with Gasteiger partial charge < -0.3 is 15.2 Å². The molecule has 3 aromatic rings. The first-order valence-corrected chi connectivity index (χ1v) is 8.99. The number of anilines is 1. The van der Waals surface area contributed by atoms with Gasteiger partial charge in [0, 0.05) is 6.07 Å². The molecule has 0 atom stereocenters. The Morgan fingerprint density at radius 1 is 1.15 bits per heavy atom. The summed E-state index contributed by atoms with van der Waals surface area (Å²) in [6.07, 6.45) is 0. The van der Waals surface area contributed by atoms with Crippen LogP contribution in [0.15, 0.2) is 59.5 Å². The van der Waals surface area contributed by atoms with Crippen LogP contribution >= 0.6 is 0 Å². The summed E-state index contributed by atoms with van der Waals surface area (Å²) in [6.45, 7) is 0. The van der Waals surface area contributed by atoms with Crippen LogP contribution in [-0.4, -0.2) is 30.7 Å². The van der Waals surface area contributed by atoms with Crippen LogP contribution < -0.4 is 15.2 Å². The quantitative estimate of drug-likeness (QED) is 0.662. The number of benzene rings is 2. The molecule has 27 heavy (non-hydrogen) atoms. The second-order valence-electron chi connectivity index (χ2n) is 5.30. The first-order valence-electron chi connectivity index (χ1n) is 7.55. The molecule has 0 amide bonds. The number of methoxy groups -OCH3 is 1. The van der Waals surface area contributed by atoms with Gasteiger partial charge >= 0.3 is 5.97 Å². The highest BCUT2D eigenvalue weighted by atomic mass is 32.2. The molecule has 8 nitrogen and oxygen atoms in total. The van der Waals surface area contributed by atoms with E-state index in [1.807, 2.05) is 0 Å². The van der Waals surface area contributed by atoms with Crippen molar-refractivity contribution in [1.29, 1.82) is 0 Å². The smallest absolute Gasteiger partial charge is 0.347 e. The van der Waals surface area contributed by atoms with E-state index < -0.39 is 21.8 Å². The minimum atomic E-state index is -4.12. The van der Waals surface area contributed by atoms with Crippen LogP contribution in [0.2, 0.25) is 0 Å². The summed E-state index contributed by atoms with van der Waals surface area (Å²) in [5.74, 6) is -1.98. The Morgan fingerprint density at radius 3 is 2.44 bits per heavy atom. The molecule has 0 spiro atoms.